The predicted octanol–water partition coefficient (Wildman–Crippen LogP) is 4.66. The van der Waals surface area contributed by atoms with E-state index in [4.69, 9.17) is 9.47 Å². The van der Waals surface area contributed by atoms with Crippen molar-refractivity contribution in [3.05, 3.63) is 59.7 Å². The Balaban J connectivity index is 1.68. The van der Waals surface area contributed by atoms with Crippen LogP contribution in [0.5, 0.6) is 0 Å². The number of hydrogen-bond donors (Lipinski definition) is 0. The van der Waals surface area contributed by atoms with Crippen LogP contribution in [0.1, 0.15) is 30.2 Å². The Bertz CT molecular complexity index is 729. The Morgan fingerprint density at radius 3 is 2.56 bits per heavy atom. The lowest BCUT2D eigenvalue weighted by Crippen LogP contribution is -2.45. The van der Waals surface area contributed by atoms with Crippen molar-refractivity contribution in [2.75, 3.05) is 24.7 Å². The van der Waals surface area contributed by atoms with Gasteiger partial charge in [0.05, 0.1) is 17.5 Å². The maximum atomic E-state index is 5.86. The van der Waals surface area contributed by atoms with E-state index in [0.29, 0.717) is 24.5 Å². The molecule has 2 aliphatic rings. The third-order valence-corrected chi connectivity index (χ3v) is 6.44. The van der Waals surface area contributed by atoms with Crippen LogP contribution in [0.3, 0.4) is 0 Å². The van der Waals surface area contributed by atoms with Crippen molar-refractivity contribution in [2.24, 2.45) is 0 Å². The highest BCUT2D eigenvalue weighted by Crippen LogP contribution is 2.53. The van der Waals surface area contributed by atoms with Crippen LogP contribution in [0.4, 0.5) is 5.69 Å². The molecule has 0 saturated carbocycles. The van der Waals surface area contributed by atoms with Crippen LogP contribution >= 0.6 is 11.8 Å². The fourth-order valence-electron chi connectivity index (χ4n) is 3.98. The highest BCUT2D eigenvalue weighted by molar-refractivity contribution is 7.99. The minimum Gasteiger partial charge on any atom is -0.361 e. The topological polar surface area (TPSA) is 21.7 Å². The molecule has 1 aliphatic heterocycles. The first kappa shape index (κ1) is 17.0. The quantitative estimate of drug-likeness (QED) is 0.702. The number of nitrogens with zero attached hydrogens (tertiary/aromatic N) is 1. The number of fused-ring (bicyclic) bond motifs is 4. The van der Waals surface area contributed by atoms with Crippen LogP contribution in [0.25, 0.3) is 0 Å². The molecule has 2 aromatic carbocycles. The molecule has 4 rings (SSSR count). The largest absolute Gasteiger partial charge is 0.361 e. The van der Waals surface area contributed by atoms with E-state index in [0.717, 1.165) is 13.0 Å². The molecule has 0 spiro atoms. The van der Waals surface area contributed by atoms with Gasteiger partial charge in [-0.1, -0.05) is 36.4 Å². The highest BCUT2D eigenvalue weighted by Gasteiger charge is 2.42. The maximum absolute atomic E-state index is 5.86. The summed E-state index contributed by atoms with van der Waals surface area (Å²) in [6, 6.07) is 18.1. The molecule has 2 atom stereocenters. The van der Waals surface area contributed by atoms with Gasteiger partial charge < -0.3 is 14.4 Å². The molecule has 3 nitrogen and oxygen atoms in total. The second-order valence-corrected chi connectivity index (χ2v) is 7.65. The lowest BCUT2D eigenvalue weighted by Gasteiger charge is -2.41. The third-order valence-electron chi connectivity index (χ3n) is 5.02. The smallest absolute Gasteiger partial charge is 0.174 e. The van der Waals surface area contributed by atoms with E-state index in [9.17, 15) is 0 Å². The van der Waals surface area contributed by atoms with Gasteiger partial charge in [0.1, 0.15) is 0 Å². The average Bonchev–Trinajstić information content (AvgIpc) is 3.00. The van der Waals surface area contributed by atoms with Crippen LogP contribution in [-0.2, 0) is 15.9 Å². The van der Waals surface area contributed by atoms with Gasteiger partial charge in [-0.3, -0.25) is 0 Å². The molecule has 0 fully saturated rings. The second kappa shape index (κ2) is 7.40. The highest BCUT2D eigenvalue weighted by atomic mass is 32.2. The average molecular weight is 356 g/mol. The summed E-state index contributed by atoms with van der Waals surface area (Å²) in [5, 5.41) is 0.481. The standard InChI is InChI=1S/C21H25NO2S/c1-3-23-20(24-4-2)14-22-17-11-7-8-12-19(17)25-21-16-10-6-5-9-15(16)13-18(21)22/h5-12,18,20-21H,3-4,13-14H2,1-2H3. The number of anilines is 1. The minimum absolute atomic E-state index is 0.185. The van der Waals surface area contributed by atoms with E-state index in [1.807, 2.05) is 25.6 Å². The van der Waals surface area contributed by atoms with Gasteiger partial charge >= 0.3 is 0 Å². The summed E-state index contributed by atoms with van der Waals surface area (Å²) in [4.78, 5) is 3.87. The van der Waals surface area contributed by atoms with Crippen molar-refractivity contribution in [3.63, 3.8) is 0 Å². The first-order chi connectivity index (χ1) is 12.3. The molecule has 0 bridgehead atoms. The van der Waals surface area contributed by atoms with Crippen LogP contribution in [0.2, 0.25) is 0 Å². The number of benzene rings is 2. The first-order valence-corrected chi connectivity index (χ1v) is 10.0. The number of ether oxygens (including phenoxy) is 2. The fraction of sp³-hybridized carbons (Fsp3) is 0.429. The number of hydrogen-bond acceptors (Lipinski definition) is 4. The zero-order valence-electron chi connectivity index (χ0n) is 14.9. The summed E-state index contributed by atoms with van der Waals surface area (Å²) >= 11 is 2.00. The van der Waals surface area contributed by atoms with Crippen molar-refractivity contribution >= 4 is 17.4 Å². The van der Waals surface area contributed by atoms with E-state index in [-0.39, 0.29) is 6.29 Å². The summed E-state index contributed by atoms with van der Waals surface area (Å²) < 4.78 is 11.7. The van der Waals surface area contributed by atoms with Gasteiger partial charge in [0, 0.05) is 24.2 Å². The predicted molar refractivity (Wildman–Crippen MR) is 103 cm³/mol. The fourth-order valence-corrected chi connectivity index (χ4v) is 5.48. The molecule has 25 heavy (non-hydrogen) atoms. The van der Waals surface area contributed by atoms with Crippen molar-refractivity contribution in [3.8, 4) is 0 Å². The Kier molecular flexibility index (Phi) is 5.02. The van der Waals surface area contributed by atoms with Gasteiger partial charge in [-0.05, 0) is 43.5 Å². The summed E-state index contributed by atoms with van der Waals surface area (Å²) in [5.74, 6) is 0. The van der Waals surface area contributed by atoms with E-state index >= 15 is 0 Å². The molecule has 2 unspecified atom stereocenters. The first-order valence-electron chi connectivity index (χ1n) is 9.15. The summed E-state index contributed by atoms with van der Waals surface area (Å²) in [7, 11) is 0. The van der Waals surface area contributed by atoms with Crippen molar-refractivity contribution in [2.45, 2.75) is 42.7 Å². The Morgan fingerprint density at radius 2 is 1.76 bits per heavy atom. The SMILES string of the molecule is CCOC(CN1c2ccccc2SC2c3ccccc3CC21)OCC. The van der Waals surface area contributed by atoms with E-state index in [1.165, 1.54) is 21.7 Å². The molecule has 1 heterocycles. The maximum Gasteiger partial charge on any atom is 0.174 e. The molecule has 2 aromatic rings. The molecule has 0 N–H and O–H groups in total. The summed E-state index contributed by atoms with van der Waals surface area (Å²) in [6.07, 6.45) is 0.906. The summed E-state index contributed by atoms with van der Waals surface area (Å²) in [6.45, 7) is 6.17. The zero-order chi connectivity index (χ0) is 17.2. The van der Waals surface area contributed by atoms with Crippen molar-refractivity contribution < 1.29 is 9.47 Å². The Hall–Kier alpha value is -1.49. The van der Waals surface area contributed by atoms with Gasteiger partial charge in [0.15, 0.2) is 6.29 Å². The molecule has 0 saturated heterocycles. The minimum atomic E-state index is -0.185. The third kappa shape index (κ3) is 3.19. The van der Waals surface area contributed by atoms with Gasteiger partial charge in [-0.2, -0.15) is 0 Å². The Labute approximate surface area is 154 Å². The Morgan fingerprint density at radius 1 is 1.04 bits per heavy atom. The van der Waals surface area contributed by atoms with Gasteiger partial charge in [0.2, 0.25) is 0 Å². The molecule has 0 radical (unpaired) electrons. The molecule has 1 aliphatic carbocycles. The second-order valence-electron chi connectivity index (χ2n) is 6.47. The van der Waals surface area contributed by atoms with Crippen LogP contribution in [-0.4, -0.2) is 32.1 Å². The van der Waals surface area contributed by atoms with Gasteiger partial charge in [0.25, 0.3) is 0 Å². The molecular weight excluding hydrogens is 330 g/mol. The number of thioether (sulfide) groups is 1. The normalized spacial score (nSPS) is 21.2. The van der Waals surface area contributed by atoms with E-state index in [1.54, 1.807) is 0 Å². The lowest BCUT2D eigenvalue weighted by atomic mass is 10.1. The van der Waals surface area contributed by atoms with E-state index < -0.39 is 0 Å². The molecule has 0 aromatic heterocycles. The number of para-hydroxylation sites is 1. The van der Waals surface area contributed by atoms with Crippen molar-refractivity contribution in [1.29, 1.82) is 0 Å². The van der Waals surface area contributed by atoms with E-state index in [2.05, 4.69) is 53.4 Å². The van der Waals surface area contributed by atoms with Crippen LogP contribution in [0.15, 0.2) is 53.4 Å². The monoisotopic (exact) mass is 355 g/mol. The number of rotatable bonds is 6. The van der Waals surface area contributed by atoms with Gasteiger partial charge in [-0.25, -0.2) is 0 Å². The molecule has 0 amide bonds. The molecule has 4 heteroatoms. The molecular formula is C21H25NO2S. The zero-order valence-corrected chi connectivity index (χ0v) is 15.7. The van der Waals surface area contributed by atoms with Crippen LogP contribution < -0.4 is 4.90 Å². The lowest BCUT2D eigenvalue weighted by molar-refractivity contribution is -0.130. The van der Waals surface area contributed by atoms with Crippen molar-refractivity contribution in [1.82, 2.24) is 0 Å². The van der Waals surface area contributed by atoms with Gasteiger partial charge in [-0.15, -0.1) is 11.8 Å². The van der Waals surface area contributed by atoms with Crippen LogP contribution in [0, 0.1) is 0 Å². The summed E-state index contributed by atoms with van der Waals surface area (Å²) in [5.41, 5.74) is 4.28. The molecule has 132 valence electrons.